The Kier molecular flexibility index (Phi) is 2.63. The summed E-state index contributed by atoms with van der Waals surface area (Å²) < 4.78 is 5.17. The molecule has 3 rings (SSSR count). The van der Waals surface area contributed by atoms with E-state index in [1.807, 2.05) is 0 Å². The molecule has 1 amide bonds. The normalized spacial score (nSPS) is 28.3. The van der Waals surface area contributed by atoms with E-state index in [0.29, 0.717) is 17.5 Å². The number of rotatable bonds is 3. The second-order valence-corrected chi connectivity index (χ2v) is 5.10. The van der Waals surface area contributed by atoms with Gasteiger partial charge in [0, 0.05) is 24.6 Å². The second-order valence-electron chi connectivity index (χ2n) is 5.10. The standard InChI is InChI=1S/C12H17N3O2/c1-7-5-13-6-10(7)14-12(16)9-4-11(17-15-9)8-2-3-8/h4,7-8,10,13H,2-3,5-6H2,1H3,(H,14,16)/t7-,10+/m0/s1. The molecular formula is C12H17N3O2. The molecule has 0 aromatic carbocycles. The van der Waals surface area contributed by atoms with Crippen LogP contribution >= 0.6 is 0 Å². The van der Waals surface area contributed by atoms with Crippen LogP contribution in [-0.4, -0.2) is 30.2 Å². The van der Waals surface area contributed by atoms with Crippen LogP contribution in [0.1, 0.15) is 41.9 Å². The van der Waals surface area contributed by atoms with E-state index in [1.165, 1.54) is 0 Å². The van der Waals surface area contributed by atoms with Crippen LogP contribution in [0.2, 0.25) is 0 Å². The van der Waals surface area contributed by atoms with E-state index in [4.69, 9.17) is 4.52 Å². The second kappa shape index (κ2) is 4.14. The summed E-state index contributed by atoms with van der Waals surface area (Å²) in [7, 11) is 0. The Bertz CT molecular complexity index is 425. The fourth-order valence-electron chi connectivity index (χ4n) is 2.20. The zero-order valence-electron chi connectivity index (χ0n) is 9.90. The minimum atomic E-state index is -0.124. The van der Waals surface area contributed by atoms with Crippen LogP contribution in [0.25, 0.3) is 0 Å². The van der Waals surface area contributed by atoms with Crippen LogP contribution in [0.15, 0.2) is 10.6 Å². The molecule has 1 aromatic heterocycles. The van der Waals surface area contributed by atoms with Gasteiger partial charge in [0.05, 0.1) is 0 Å². The van der Waals surface area contributed by atoms with Gasteiger partial charge in [-0.3, -0.25) is 4.79 Å². The van der Waals surface area contributed by atoms with Crippen LogP contribution in [0.4, 0.5) is 0 Å². The third-order valence-electron chi connectivity index (χ3n) is 3.57. The predicted molar refractivity (Wildman–Crippen MR) is 61.8 cm³/mol. The van der Waals surface area contributed by atoms with Crippen molar-refractivity contribution < 1.29 is 9.32 Å². The van der Waals surface area contributed by atoms with Crippen molar-refractivity contribution in [1.82, 2.24) is 15.8 Å². The number of nitrogens with one attached hydrogen (secondary N) is 2. The Labute approximate surface area is 99.9 Å². The summed E-state index contributed by atoms with van der Waals surface area (Å²) in [6, 6.07) is 1.98. The first kappa shape index (κ1) is 10.8. The summed E-state index contributed by atoms with van der Waals surface area (Å²) in [5.41, 5.74) is 0.408. The van der Waals surface area contributed by atoms with Gasteiger partial charge in [-0.25, -0.2) is 0 Å². The van der Waals surface area contributed by atoms with Crippen LogP contribution < -0.4 is 10.6 Å². The number of nitrogens with zero attached hydrogens (tertiary/aromatic N) is 1. The summed E-state index contributed by atoms with van der Waals surface area (Å²) >= 11 is 0. The Balaban J connectivity index is 1.64. The van der Waals surface area contributed by atoms with Gasteiger partial charge in [-0.1, -0.05) is 12.1 Å². The maximum atomic E-state index is 11.9. The van der Waals surface area contributed by atoms with Gasteiger partial charge < -0.3 is 15.2 Å². The molecule has 1 aliphatic heterocycles. The van der Waals surface area contributed by atoms with Crippen LogP contribution in [0.3, 0.4) is 0 Å². The predicted octanol–water partition coefficient (Wildman–Crippen LogP) is 0.890. The smallest absolute Gasteiger partial charge is 0.273 e. The SMILES string of the molecule is C[C@H]1CNC[C@H]1NC(=O)c1cc(C2CC2)on1. The molecule has 5 heteroatoms. The molecule has 5 nitrogen and oxygen atoms in total. The van der Waals surface area contributed by atoms with Gasteiger partial charge in [-0.05, 0) is 25.3 Å². The third-order valence-corrected chi connectivity index (χ3v) is 3.57. The molecule has 0 radical (unpaired) electrons. The van der Waals surface area contributed by atoms with Crippen LogP contribution in [0.5, 0.6) is 0 Å². The topological polar surface area (TPSA) is 67.2 Å². The summed E-state index contributed by atoms with van der Waals surface area (Å²) in [5, 5.41) is 10.1. The molecule has 0 bridgehead atoms. The molecule has 2 atom stereocenters. The Morgan fingerprint density at radius 3 is 3.00 bits per heavy atom. The van der Waals surface area contributed by atoms with Crippen molar-refractivity contribution in [2.75, 3.05) is 13.1 Å². The van der Waals surface area contributed by atoms with Crippen molar-refractivity contribution in [2.45, 2.75) is 31.7 Å². The fourth-order valence-corrected chi connectivity index (χ4v) is 2.20. The number of carbonyl (C=O) groups excluding carboxylic acids is 1. The van der Waals surface area contributed by atoms with Gasteiger partial charge in [0.1, 0.15) is 5.76 Å². The van der Waals surface area contributed by atoms with E-state index in [0.717, 1.165) is 31.7 Å². The van der Waals surface area contributed by atoms with Gasteiger partial charge in [0.2, 0.25) is 0 Å². The van der Waals surface area contributed by atoms with Gasteiger partial charge in [0.25, 0.3) is 5.91 Å². The third kappa shape index (κ3) is 2.20. The molecule has 1 saturated heterocycles. The number of carbonyl (C=O) groups is 1. The van der Waals surface area contributed by atoms with E-state index in [9.17, 15) is 4.79 Å². The molecule has 1 aromatic rings. The van der Waals surface area contributed by atoms with Crippen LogP contribution in [0, 0.1) is 5.92 Å². The first-order chi connectivity index (χ1) is 8.24. The highest BCUT2D eigenvalue weighted by molar-refractivity contribution is 5.92. The Morgan fingerprint density at radius 2 is 2.35 bits per heavy atom. The molecule has 1 saturated carbocycles. The lowest BCUT2D eigenvalue weighted by atomic mass is 10.1. The van der Waals surface area contributed by atoms with Crippen molar-refractivity contribution in [3.05, 3.63) is 17.5 Å². The molecule has 17 heavy (non-hydrogen) atoms. The highest BCUT2D eigenvalue weighted by Gasteiger charge is 2.30. The lowest BCUT2D eigenvalue weighted by Gasteiger charge is -2.14. The monoisotopic (exact) mass is 235 g/mol. The van der Waals surface area contributed by atoms with Crippen LogP contribution in [-0.2, 0) is 0 Å². The highest BCUT2D eigenvalue weighted by atomic mass is 16.5. The summed E-state index contributed by atoms with van der Waals surface area (Å²) in [4.78, 5) is 11.9. The Morgan fingerprint density at radius 1 is 1.53 bits per heavy atom. The largest absolute Gasteiger partial charge is 0.360 e. The number of hydrogen-bond acceptors (Lipinski definition) is 4. The lowest BCUT2D eigenvalue weighted by molar-refractivity contribution is 0.0923. The molecule has 2 N–H and O–H groups in total. The summed E-state index contributed by atoms with van der Waals surface area (Å²) in [6.07, 6.45) is 2.31. The van der Waals surface area contributed by atoms with E-state index in [1.54, 1.807) is 6.07 Å². The maximum Gasteiger partial charge on any atom is 0.273 e. The van der Waals surface area contributed by atoms with E-state index < -0.39 is 0 Å². The molecule has 92 valence electrons. The molecule has 0 unspecified atom stereocenters. The van der Waals surface area contributed by atoms with E-state index in [2.05, 4.69) is 22.7 Å². The minimum Gasteiger partial charge on any atom is -0.360 e. The summed E-state index contributed by atoms with van der Waals surface area (Å²) in [5.74, 6) is 1.69. The number of aromatic nitrogens is 1. The van der Waals surface area contributed by atoms with Gasteiger partial charge >= 0.3 is 0 Å². The number of hydrogen-bond donors (Lipinski definition) is 2. The molecule has 2 fully saturated rings. The molecule has 2 aliphatic rings. The first-order valence-electron chi connectivity index (χ1n) is 6.22. The van der Waals surface area contributed by atoms with Gasteiger partial charge in [-0.15, -0.1) is 0 Å². The zero-order chi connectivity index (χ0) is 11.8. The average Bonchev–Trinajstić information content (AvgIpc) is 2.91. The van der Waals surface area contributed by atoms with Gasteiger partial charge in [-0.2, -0.15) is 0 Å². The van der Waals surface area contributed by atoms with Crippen molar-refractivity contribution in [3.8, 4) is 0 Å². The molecule has 2 heterocycles. The van der Waals surface area contributed by atoms with Gasteiger partial charge in [0.15, 0.2) is 5.69 Å². The van der Waals surface area contributed by atoms with E-state index in [-0.39, 0.29) is 11.9 Å². The zero-order valence-corrected chi connectivity index (χ0v) is 9.90. The quantitative estimate of drug-likeness (QED) is 0.816. The average molecular weight is 235 g/mol. The lowest BCUT2D eigenvalue weighted by Crippen LogP contribution is -2.39. The summed E-state index contributed by atoms with van der Waals surface area (Å²) in [6.45, 7) is 3.92. The molecule has 0 spiro atoms. The van der Waals surface area contributed by atoms with Crippen molar-refractivity contribution in [3.63, 3.8) is 0 Å². The minimum absolute atomic E-state index is 0.124. The van der Waals surface area contributed by atoms with Crippen molar-refractivity contribution in [2.24, 2.45) is 5.92 Å². The Hall–Kier alpha value is -1.36. The highest BCUT2D eigenvalue weighted by Crippen LogP contribution is 2.40. The first-order valence-corrected chi connectivity index (χ1v) is 6.22. The molecule has 1 aliphatic carbocycles. The maximum absolute atomic E-state index is 11.9. The fraction of sp³-hybridized carbons (Fsp3) is 0.667. The van der Waals surface area contributed by atoms with Crippen molar-refractivity contribution >= 4 is 5.91 Å². The number of amides is 1. The molecular weight excluding hydrogens is 218 g/mol. The van der Waals surface area contributed by atoms with Crippen molar-refractivity contribution in [1.29, 1.82) is 0 Å². The van der Waals surface area contributed by atoms with E-state index >= 15 is 0 Å².